The number of hydrogen-bond donors (Lipinski definition) is 3. The van der Waals surface area contributed by atoms with Gasteiger partial charge in [-0.1, -0.05) is 110 Å². The lowest BCUT2D eigenvalue weighted by Gasteiger charge is -2.12. The Hall–Kier alpha value is -0.120. The molecule has 3 heteroatoms. The number of aliphatic hydroxyl groups is 3. The molecular weight excluding hydrogens is 288 g/mol. The standard InChI is InChI=1S/C20H42O3/c1-2-3-4-5-6-7-8-9-10-11-12-13-14-15-16-17-18-19-20(21,22)23/h21-23H,2-19H2,1H3. The zero-order valence-electron chi connectivity index (χ0n) is 15.6. The van der Waals surface area contributed by atoms with E-state index < -0.39 is 5.97 Å². The van der Waals surface area contributed by atoms with E-state index in [9.17, 15) is 0 Å². The predicted molar refractivity (Wildman–Crippen MR) is 98.2 cm³/mol. The van der Waals surface area contributed by atoms with Crippen molar-refractivity contribution in [1.82, 2.24) is 0 Å². The SMILES string of the molecule is CCCCCCCCCCCCCCCCCCCC(O)(O)O. The molecule has 23 heavy (non-hydrogen) atoms. The minimum Gasteiger partial charge on any atom is -0.344 e. The van der Waals surface area contributed by atoms with E-state index in [4.69, 9.17) is 15.3 Å². The van der Waals surface area contributed by atoms with Crippen LogP contribution in [-0.2, 0) is 0 Å². The average molecular weight is 331 g/mol. The van der Waals surface area contributed by atoms with Gasteiger partial charge in [0.15, 0.2) is 0 Å². The second kappa shape index (κ2) is 16.7. The van der Waals surface area contributed by atoms with Gasteiger partial charge in [-0.25, -0.2) is 0 Å². The Morgan fingerprint density at radius 2 is 0.696 bits per heavy atom. The maximum atomic E-state index is 8.75. The molecule has 0 aliphatic heterocycles. The monoisotopic (exact) mass is 330 g/mol. The van der Waals surface area contributed by atoms with Crippen LogP contribution in [0.1, 0.15) is 122 Å². The molecule has 0 atom stereocenters. The maximum absolute atomic E-state index is 8.75. The molecule has 0 saturated heterocycles. The van der Waals surface area contributed by atoms with Gasteiger partial charge in [-0.3, -0.25) is 0 Å². The Bertz CT molecular complexity index is 223. The van der Waals surface area contributed by atoms with E-state index in [1.165, 1.54) is 89.9 Å². The molecule has 0 bridgehead atoms. The highest BCUT2D eigenvalue weighted by Gasteiger charge is 2.16. The third kappa shape index (κ3) is 21.9. The quantitative estimate of drug-likeness (QED) is 0.224. The van der Waals surface area contributed by atoms with E-state index >= 15 is 0 Å². The largest absolute Gasteiger partial charge is 0.344 e. The minimum absolute atomic E-state index is 0.0611. The molecule has 0 fully saturated rings. The molecule has 0 rings (SSSR count). The van der Waals surface area contributed by atoms with Gasteiger partial charge in [0.05, 0.1) is 0 Å². The van der Waals surface area contributed by atoms with Gasteiger partial charge in [0, 0.05) is 6.42 Å². The van der Waals surface area contributed by atoms with Gasteiger partial charge in [0.25, 0.3) is 5.97 Å². The van der Waals surface area contributed by atoms with Crippen LogP contribution in [0.5, 0.6) is 0 Å². The zero-order valence-corrected chi connectivity index (χ0v) is 15.6. The summed E-state index contributed by atoms with van der Waals surface area (Å²) in [6.45, 7) is 2.27. The van der Waals surface area contributed by atoms with Gasteiger partial charge >= 0.3 is 0 Å². The molecule has 0 aliphatic rings. The summed E-state index contributed by atoms with van der Waals surface area (Å²) in [5, 5.41) is 26.3. The molecule has 0 spiro atoms. The zero-order chi connectivity index (χ0) is 17.2. The van der Waals surface area contributed by atoms with Crippen LogP contribution in [0.15, 0.2) is 0 Å². The second-order valence-corrected chi connectivity index (χ2v) is 7.18. The van der Waals surface area contributed by atoms with E-state index in [2.05, 4.69) is 6.92 Å². The van der Waals surface area contributed by atoms with Crippen LogP contribution in [0.25, 0.3) is 0 Å². The van der Waals surface area contributed by atoms with Crippen LogP contribution in [0.3, 0.4) is 0 Å². The van der Waals surface area contributed by atoms with Crippen molar-refractivity contribution in [3.05, 3.63) is 0 Å². The van der Waals surface area contributed by atoms with E-state index in [0.29, 0.717) is 6.42 Å². The van der Waals surface area contributed by atoms with Gasteiger partial charge in [0.1, 0.15) is 0 Å². The highest BCUT2D eigenvalue weighted by molar-refractivity contribution is 4.52. The van der Waals surface area contributed by atoms with Gasteiger partial charge in [-0.15, -0.1) is 0 Å². The fourth-order valence-corrected chi connectivity index (χ4v) is 3.09. The van der Waals surface area contributed by atoms with Crippen LogP contribution < -0.4 is 0 Å². The van der Waals surface area contributed by atoms with E-state index in [0.717, 1.165) is 12.8 Å². The first-order valence-corrected chi connectivity index (χ1v) is 10.2. The summed E-state index contributed by atoms with van der Waals surface area (Å²) in [4.78, 5) is 0. The van der Waals surface area contributed by atoms with Crippen molar-refractivity contribution in [2.45, 2.75) is 128 Å². The minimum atomic E-state index is -2.46. The van der Waals surface area contributed by atoms with Gasteiger partial charge in [-0.05, 0) is 6.42 Å². The first-order chi connectivity index (χ1) is 11.1. The third-order valence-electron chi connectivity index (χ3n) is 4.62. The first-order valence-electron chi connectivity index (χ1n) is 10.2. The van der Waals surface area contributed by atoms with Crippen molar-refractivity contribution in [2.75, 3.05) is 0 Å². The molecule has 0 aliphatic carbocycles. The predicted octanol–water partition coefficient (Wildman–Crippen LogP) is 5.66. The molecule has 0 radical (unpaired) electrons. The van der Waals surface area contributed by atoms with Crippen molar-refractivity contribution in [3.63, 3.8) is 0 Å². The summed E-state index contributed by atoms with van der Waals surface area (Å²) < 4.78 is 0. The Kier molecular flexibility index (Phi) is 16.6. The fraction of sp³-hybridized carbons (Fsp3) is 1.00. The summed E-state index contributed by atoms with van der Waals surface area (Å²) in [6, 6.07) is 0. The van der Waals surface area contributed by atoms with Crippen LogP contribution >= 0.6 is 0 Å². The molecule has 0 saturated carbocycles. The molecule has 3 N–H and O–H groups in total. The summed E-state index contributed by atoms with van der Waals surface area (Å²) in [6.07, 6.45) is 22.2. The molecule has 0 aromatic heterocycles. The molecule has 3 nitrogen and oxygen atoms in total. The lowest BCUT2D eigenvalue weighted by atomic mass is 10.0. The van der Waals surface area contributed by atoms with Crippen molar-refractivity contribution >= 4 is 0 Å². The van der Waals surface area contributed by atoms with Gasteiger partial charge in [-0.2, -0.15) is 0 Å². The van der Waals surface area contributed by atoms with Crippen molar-refractivity contribution in [3.8, 4) is 0 Å². The maximum Gasteiger partial charge on any atom is 0.275 e. The molecule has 140 valence electrons. The number of hydrogen-bond acceptors (Lipinski definition) is 3. The highest BCUT2D eigenvalue weighted by Crippen LogP contribution is 2.15. The number of rotatable bonds is 18. The average Bonchev–Trinajstić information content (AvgIpc) is 2.49. The Morgan fingerprint density at radius 3 is 0.957 bits per heavy atom. The summed E-state index contributed by atoms with van der Waals surface area (Å²) in [5.41, 5.74) is 0. The second-order valence-electron chi connectivity index (χ2n) is 7.18. The molecule has 0 aromatic rings. The molecule has 0 amide bonds. The Morgan fingerprint density at radius 1 is 0.435 bits per heavy atom. The van der Waals surface area contributed by atoms with Crippen LogP contribution in [0.2, 0.25) is 0 Å². The molecule has 0 aromatic carbocycles. The third-order valence-corrected chi connectivity index (χ3v) is 4.62. The normalized spacial score (nSPS) is 12.0. The fourth-order valence-electron chi connectivity index (χ4n) is 3.09. The smallest absolute Gasteiger partial charge is 0.275 e. The summed E-state index contributed by atoms with van der Waals surface area (Å²) in [5.74, 6) is -2.46. The lowest BCUT2D eigenvalue weighted by Crippen LogP contribution is -2.26. The van der Waals surface area contributed by atoms with Crippen molar-refractivity contribution in [2.24, 2.45) is 0 Å². The molecule has 0 unspecified atom stereocenters. The Balaban J connectivity index is 3.00. The van der Waals surface area contributed by atoms with Gasteiger partial charge in [0.2, 0.25) is 0 Å². The van der Waals surface area contributed by atoms with E-state index in [1.807, 2.05) is 0 Å². The van der Waals surface area contributed by atoms with E-state index in [1.54, 1.807) is 0 Å². The topological polar surface area (TPSA) is 60.7 Å². The molecular formula is C20H42O3. The lowest BCUT2D eigenvalue weighted by molar-refractivity contribution is -0.315. The van der Waals surface area contributed by atoms with E-state index in [-0.39, 0.29) is 6.42 Å². The van der Waals surface area contributed by atoms with Crippen LogP contribution in [-0.4, -0.2) is 21.3 Å². The van der Waals surface area contributed by atoms with Crippen LogP contribution in [0.4, 0.5) is 0 Å². The first kappa shape index (κ1) is 22.9. The van der Waals surface area contributed by atoms with Crippen molar-refractivity contribution < 1.29 is 15.3 Å². The van der Waals surface area contributed by atoms with Gasteiger partial charge < -0.3 is 15.3 Å². The highest BCUT2D eigenvalue weighted by atomic mass is 16.7. The van der Waals surface area contributed by atoms with Crippen molar-refractivity contribution in [1.29, 1.82) is 0 Å². The van der Waals surface area contributed by atoms with Crippen LogP contribution in [0, 0.1) is 0 Å². The summed E-state index contributed by atoms with van der Waals surface area (Å²) >= 11 is 0. The Labute approximate surface area is 144 Å². The molecule has 0 heterocycles. The number of unbranched alkanes of at least 4 members (excludes halogenated alkanes) is 16. The summed E-state index contributed by atoms with van der Waals surface area (Å²) in [7, 11) is 0.